The second kappa shape index (κ2) is 10.3. The van der Waals surface area contributed by atoms with Crippen LogP contribution in [-0.4, -0.2) is 46.3 Å². The number of carboxylic acids is 1. The minimum absolute atomic E-state index is 0.0860. The van der Waals surface area contributed by atoms with E-state index in [1.165, 1.54) is 12.1 Å². The molecule has 0 saturated carbocycles. The molecule has 1 unspecified atom stereocenters. The Bertz CT molecular complexity index is 1310. The molecule has 3 N–H and O–H groups in total. The van der Waals surface area contributed by atoms with Crippen molar-refractivity contribution in [3.8, 4) is 0 Å². The number of aromatic nitrogens is 2. The van der Waals surface area contributed by atoms with E-state index >= 15 is 0 Å². The van der Waals surface area contributed by atoms with Crippen LogP contribution in [0.5, 0.6) is 0 Å². The van der Waals surface area contributed by atoms with Crippen molar-refractivity contribution >= 4 is 49.8 Å². The van der Waals surface area contributed by atoms with Gasteiger partial charge < -0.3 is 14.8 Å². The standard InChI is InChI=1S/C22H24ClN3O6S2/c1-12(2)19(29)14-8-17(21(30)25-22-24-16(9-18(27)28)20(23)33-22)26(11-14)10-13-4-6-15(7-5-13)34(3,31)32/h4-8,11-12,19,29H,9-10H2,1-3H3,(H,27,28)(H,24,25,30). The summed E-state index contributed by atoms with van der Waals surface area (Å²) < 4.78 is 25.3. The minimum Gasteiger partial charge on any atom is -0.481 e. The predicted molar refractivity (Wildman–Crippen MR) is 129 cm³/mol. The normalized spacial score (nSPS) is 12.6. The van der Waals surface area contributed by atoms with Crippen LogP contribution in [0, 0.1) is 5.92 Å². The van der Waals surface area contributed by atoms with E-state index in [1.54, 1.807) is 29.0 Å². The molecular weight excluding hydrogens is 502 g/mol. The molecule has 0 aliphatic heterocycles. The second-order valence-corrected chi connectivity index (χ2v) is 11.8. The van der Waals surface area contributed by atoms with Crippen molar-refractivity contribution in [3.05, 3.63) is 63.4 Å². The number of sulfone groups is 1. The number of thiazole rings is 1. The summed E-state index contributed by atoms with van der Waals surface area (Å²) in [5.74, 6) is -1.69. The van der Waals surface area contributed by atoms with Gasteiger partial charge in [0.05, 0.1) is 23.1 Å². The number of carbonyl (C=O) groups excluding carboxylic acids is 1. The highest BCUT2D eigenvalue weighted by atomic mass is 35.5. The van der Waals surface area contributed by atoms with Crippen LogP contribution in [-0.2, 0) is 27.6 Å². The molecule has 2 heterocycles. The van der Waals surface area contributed by atoms with Crippen molar-refractivity contribution < 1.29 is 28.2 Å². The van der Waals surface area contributed by atoms with Gasteiger partial charge >= 0.3 is 5.97 Å². The van der Waals surface area contributed by atoms with E-state index in [2.05, 4.69) is 10.3 Å². The lowest BCUT2D eigenvalue weighted by Gasteiger charge is -2.12. The van der Waals surface area contributed by atoms with Gasteiger partial charge in [-0.2, -0.15) is 0 Å². The molecule has 0 aliphatic rings. The Balaban J connectivity index is 1.91. The highest BCUT2D eigenvalue weighted by molar-refractivity contribution is 7.90. The fraction of sp³-hybridized carbons (Fsp3) is 0.318. The van der Waals surface area contributed by atoms with Gasteiger partial charge in [-0.25, -0.2) is 13.4 Å². The van der Waals surface area contributed by atoms with E-state index in [0.717, 1.165) is 23.2 Å². The third-order valence-corrected chi connectivity index (χ3v) is 7.40. The van der Waals surface area contributed by atoms with Crippen LogP contribution >= 0.6 is 22.9 Å². The molecule has 1 amide bonds. The first-order valence-corrected chi connectivity index (χ1v) is 13.3. The third-order valence-electron chi connectivity index (χ3n) is 5.02. The van der Waals surface area contributed by atoms with Crippen LogP contribution in [0.25, 0.3) is 0 Å². The Labute approximate surface area is 205 Å². The van der Waals surface area contributed by atoms with Gasteiger partial charge in [-0.1, -0.05) is 48.9 Å². The van der Waals surface area contributed by atoms with E-state index in [9.17, 15) is 23.1 Å². The number of aliphatic carboxylic acids is 1. The number of nitrogens with one attached hydrogen (secondary N) is 1. The number of amides is 1. The first kappa shape index (κ1) is 25.9. The smallest absolute Gasteiger partial charge is 0.309 e. The summed E-state index contributed by atoms with van der Waals surface area (Å²) in [4.78, 5) is 28.3. The molecule has 182 valence electrons. The number of hydrogen-bond acceptors (Lipinski definition) is 7. The van der Waals surface area contributed by atoms with Crippen molar-refractivity contribution in [2.24, 2.45) is 5.92 Å². The Kier molecular flexibility index (Phi) is 7.81. The summed E-state index contributed by atoms with van der Waals surface area (Å²) in [6.45, 7) is 3.96. The van der Waals surface area contributed by atoms with Crippen LogP contribution < -0.4 is 5.32 Å². The number of carboxylic acid groups (broad SMARTS) is 1. The van der Waals surface area contributed by atoms with Gasteiger partial charge in [-0.15, -0.1) is 0 Å². The summed E-state index contributed by atoms with van der Waals surface area (Å²) in [6.07, 6.45) is 1.64. The lowest BCUT2D eigenvalue weighted by atomic mass is 10.0. The van der Waals surface area contributed by atoms with E-state index < -0.39 is 27.8 Å². The number of anilines is 1. The molecule has 0 saturated heterocycles. The molecule has 1 aromatic carbocycles. The van der Waals surface area contributed by atoms with E-state index in [0.29, 0.717) is 5.56 Å². The highest BCUT2D eigenvalue weighted by Gasteiger charge is 2.22. The molecule has 3 rings (SSSR count). The molecule has 9 nitrogen and oxygen atoms in total. The Morgan fingerprint density at radius 2 is 1.88 bits per heavy atom. The van der Waals surface area contributed by atoms with Crippen molar-refractivity contribution in [1.29, 1.82) is 0 Å². The Hall–Kier alpha value is -2.73. The number of halogens is 1. The quantitative estimate of drug-likeness (QED) is 0.387. The predicted octanol–water partition coefficient (Wildman–Crippen LogP) is 3.62. The largest absolute Gasteiger partial charge is 0.481 e. The van der Waals surface area contributed by atoms with Crippen molar-refractivity contribution in [3.63, 3.8) is 0 Å². The zero-order valence-electron chi connectivity index (χ0n) is 18.6. The third kappa shape index (κ3) is 6.23. The van der Waals surface area contributed by atoms with Gasteiger partial charge in [0.2, 0.25) is 0 Å². The molecule has 1 atom stereocenters. The number of nitrogens with zero attached hydrogens (tertiary/aromatic N) is 2. The van der Waals surface area contributed by atoms with E-state index in [1.807, 2.05) is 13.8 Å². The maximum atomic E-state index is 13.1. The van der Waals surface area contributed by atoms with Gasteiger partial charge in [0.15, 0.2) is 15.0 Å². The van der Waals surface area contributed by atoms with Gasteiger partial charge in [0.25, 0.3) is 5.91 Å². The molecule has 34 heavy (non-hydrogen) atoms. The summed E-state index contributed by atoms with van der Waals surface area (Å²) >= 11 is 7.00. The van der Waals surface area contributed by atoms with E-state index in [-0.39, 0.29) is 44.6 Å². The summed E-state index contributed by atoms with van der Waals surface area (Å²) in [7, 11) is -3.33. The summed E-state index contributed by atoms with van der Waals surface area (Å²) in [6, 6.07) is 7.90. The SMILES string of the molecule is CC(C)C(O)c1cc(C(=O)Nc2nc(CC(=O)O)c(Cl)s2)n(Cc2ccc(S(C)(=O)=O)cc2)c1. The first-order chi connectivity index (χ1) is 15.8. The molecule has 0 spiro atoms. The van der Waals surface area contributed by atoms with Crippen LogP contribution in [0.4, 0.5) is 5.13 Å². The molecule has 0 aliphatic carbocycles. The summed E-state index contributed by atoms with van der Waals surface area (Å²) in [5.41, 5.74) is 1.71. The molecule has 0 radical (unpaired) electrons. The van der Waals surface area contributed by atoms with Crippen LogP contribution in [0.3, 0.4) is 0 Å². The number of aliphatic hydroxyl groups is 1. The highest BCUT2D eigenvalue weighted by Crippen LogP contribution is 2.30. The van der Waals surface area contributed by atoms with Crippen LogP contribution in [0.1, 0.15) is 47.3 Å². The zero-order valence-corrected chi connectivity index (χ0v) is 21.0. The Morgan fingerprint density at radius 1 is 1.24 bits per heavy atom. The number of carbonyl (C=O) groups is 2. The Morgan fingerprint density at radius 3 is 2.44 bits per heavy atom. The van der Waals surface area contributed by atoms with Gasteiger partial charge in [0.1, 0.15) is 10.0 Å². The molecule has 2 aromatic heterocycles. The van der Waals surface area contributed by atoms with Crippen LogP contribution in [0.15, 0.2) is 41.4 Å². The number of benzene rings is 1. The summed E-state index contributed by atoms with van der Waals surface area (Å²) in [5, 5.41) is 22.3. The van der Waals surface area contributed by atoms with Gasteiger partial charge in [-0.05, 0) is 35.2 Å². The lowest BCUT2D eigenvalue weighted by molar-refractivity contribution is -0.136. The zero-order chi connectivity index (χ0) is 25.2. The fourth-order valence-electron chi connectivity index (χ4n) is 3.24. The molecular formula is C22H24ClN3O6S2. The fourth-order valence-corrected chi connectivity index (χ4v) is 4.90. The van der Waals surface area contributed by atoms with Crippen molar-refractivity contribution in [2.75, 3.05) is 11.6 Å². The number of hydrogen-bond donors (Lipinski definition) is 3. The molecule has 12 heteroatoms. The molecule has 0 fully saturated rings. The topological polar surface area (TPSA) is 139 Å². The monoisotopic (exact) mass is 525 g/mol. The molecule has 0 bridgehead atoms. The number of rotatable bonds is 9. The second-order valence-electron chi connectivity index (χ2n) is 8.16. The maximum absolute atomic E-state index is 13.1. The van der Waals surface area contributed by atoms with Gasteiger partial charge in [0, 0.05) is 19.0 Å². The van der Waals surface area contributed by atoms with E-state index in [4.69, 9.17) is 16.7 Å². The molecule has 3 aromatic rings. The minimum atomic E-state index is -3.33. The average Bonchev–Trinajstić information content (AvgIpc) is 3.30. The van der Waals surface area contributed by atoms with Gasteiger partial charge in [-0.3, -0.25) is 14.9 Å². The van der Waals surface area contributed by atoms with Crippen molar-refractivity contribution in [1.82, 2.24) is 9.55 Å². The lowest BCUT2D eigenvalue weighted by Crippen LogP contribution is -2.17. The average molecular weight is 526 g/mol. The maximum Gasteiger partial charge on any atom is 0.309 e. The van der Waals surface area contributed by atoms with Crippen LogP contribution in [0.2, 0.25) is 4.34 Å². The first-order valence-electron chi connectivity index (χ1n) is 10.2. The number of aliphatic hydroxyl groups excluding tert-OH is 1. The van der Waals surface area contributed by atoms with Crippen molar-refractivity contribution in [2.45, 2.75) is 37.8 Å².